The van der Waals surface area contributed by atoms with Crippen molar-refractivity contribution in [1.82, 2.24) is 14.4 Å². The lowest BCUT2D eigenvalue weighted by Crippen LogP contribution is -2.49. The van der Waals surface area contributed by atoms with Crippen molar-refractivity contribution in [2.45, 2.75) is 27.3 Å². The molecule has 1 aliphatic rings. The second-order valence-corrected chi connectivity index (χ2v) is 7.29. The van der Waals surface area contributed by atoms with Crippen LogP contribution >= 0.6 is 0 Å². The molecule has 0 unspecified atom stereocenters. The number of nitrogens with one attached hydrogen (secondary N) is 1. The Labute approximate surface area is 154 Å². The number of carbonyl (C=O) groups excluding carboxylic acids is 1. The van der Waals surface area contributed by atoms with Crippen molar-refractivity contribution < 1.29 is 4.79 Å². The molecule has 0 bridgehead atoms. The van der Waals surface area contributed by atoms with Crippen LogP contribution < -0.4 is 10.9 Å². The van der Waals surface area contributed by atoms with Crippen molar-refractivity contribution in [3.63, 3.8) is 0 Å². The van der Waals surface area contributed by atoms with Gasteiger partial charge in [0.05, 0.1) is 5.69 Å². The molecule has 1 aromatic carbocycles. The number of urea groups is 1. The van der Waals surface area contributed by atoms with Crippen molar-refractivity contribution in [3.8, 4) is 0 Å². The highest BCUT2D eigenvalue weighted by Gasteiger charge is 2.21. The van der Waals surface area contributed by atoms with Gasteiger partial charge in [-0.25, -0.2) is 4.79 Å². The lowest BCUT2D eigenvalue weighted by atomic mass is 10.1. The first kappa shape index (κ1) is 18.5. The molecule has 0 aliphatic carbocycles. The number of pyridine rings is 1. The molecular formula is C20H28N4O2. The van der Waals surface area contributed by atoms with Gasteiger partial charge in [0, 0.05) is 49.7 Å². The van der Waals surface area contributed by atoms with E-state index in [0.29, 0.717) is 23.5 Å². The minimum atomic E-state index is -0.0966. The van der Waals surface area contributed by atoms with Gasteiger partial charge in [0.15, 0.2) is 0 Å². The van der Waals surface area contributed by atoms with Crippen molar-refractivity contribution in [1.29, 1.82) is 0 Å². The number of aromatic nitrogens is 1. The molecule has 1 N–H and O–H groups in total. The van der Waals surface area contributed by atoms with E-state index in [1.165, 1.54) is 0 Å². The molecule has 2 heterocycles. The summed E-state index contributed by atoms with van der Waals surface area (Å²) >= 11 is 0. The molecule has 2 amide bonds. The molecule has 0 atom stereocenters. The fraction of sp³-hybridized carbons (Fsp3) is 0.500. The van der Waals surface area contributed by atoms with Gasteiger partial charge in [-0.3, -0.25) is 4.79 Å². The van der Waals surface area contributed by atoms with E-state index >= 15 is 0 Å². The van der Waals surface area contributed by atoms with Crippen molar-refractivity contribution >= 4 is 22.5 Å². The highest BCUT2D eigenvalue weighted by Crippen LogP contribution is 2.21. The molecule has 1 fully saturated rings. The van der Waals surface area contributed by atoms with Gasteiger partial charge in [0.2, 0.25) is 0 Å². The number of fused-ring (bicyclic) bond motifs is 1. The molecule has 3 rings (SSSR count). The number of benzene rings is 1. The van der Waals surface area contributed by atoms with Crippen LogP contribution in [0.4, 0.5) is 10.5 Å². The summed E-state index contributed by atoms with van der Waals surface area (Å²) in [6.45, 7) is 11.2. The molecule has 0 spiro atoms. The predicted molar refractivity (Wildman–Crippen MR) is 106 cm³/mol. The van der Waals surface area contributed by atoms with Gasteiger partial charge in [-0.2, -0.15) is 0 Å². The van der Waals surface area contributed by atoms with Crippen LogP contribution in [0, 0.1) is 5.92 Å². The normalized spacial score (nSPS) is 15.6. The molecule has 1 aromatic heterocycles. The van der Waals surface area contributed by atoms with Crippen molar-refractivity contribution in [2.24, 2.45) is 5.92 Å². The average Bonchev–Trinajstić information content (AvgIpc) is 2.65. The largest absolute Gasteiger partial charge is 0.322 e. The average molecular weight is 356 g/mol. The first-order chi connectivity index (χ1) is 12.5. The third-order valence-electron chi connectivity index (χ3n) is 4.90. The predicted octanol–water partition coefficient (Wildman–Crippen LogP) is 2.83. The second-order valence-electron chi connectivity index (χ2n) is 7.29. The van der Waals surface area contributed by atoms with E-state index in [1.807, 2.05) is 29.2 Å². The Kier molecular flexibility index (Phi) is 5.61. The monoisotopic (exact) mass is 356 g/mol. The topological polar surface area (TPSA) is 57.6 Å². The Morgan fingerprint density at radius 3 is 2.38 bits per heavy atom. The van der Waals surface area contributed by atoms with E-state index in [1.54, 1.807) is 10.8 Å². The van der Waals surface area contributed by atoms with Crippen LogP contribution in [0.5, 0.6) is 0 Å². The molecule has 0 radical (unpaired) electrons. The Balaban J connectivity index is 1.88. The van der Waals surface area contributed by atoms with E-state index in [-0.39, 0.29) is 11.6 Å². The van der Waals surface area contributed by atoms with Gasteiger partial charge >= 0.3 is 6.03 Å². The molecule has 6 nitrogen and oxygen atoms in total. The number of likely N-dealkylation sites (N-methyl/N-ethyl adjacent to an activating group) is 1. The number of anilines is 1. The smallest absolute Gasteiger partial charge is 0.321 e. The zero-order valence-corrected chi connectivity index (χ0v) is 15.9. The third kappa shape index (κ3) is 3.90. The summed E-state index contributed by atoms with van der Waals surface area (Å²) < 4.78 is 1.71. The summed E-state index contributed by atoms with van der Waals surface area (Å²) in [5.41, 5.74) is 0.688. The Bertz CT molecular complexity index is 835. The van der Waals surface area contributed by atoms with Crippen LogP contribution in [-0.2, 0) is 6.54 Å². The van der Waals surface area contributed by atoms with E-state index in [9.17, 15) is 9.59 Å². The van der Waals surface area contributed by atoms with Crippen LogP contribution in [0.2, 0.25) is 0 Å². The number of piperazine rings is 1. The maximum atomic E-state index is 12.7. The molecule has 1 saturated heterocycles. The molecule has 0 saturated carbocycles. The zero-order valence-electron chi connectivity index (χ0n) is 15.9. The molecule has 140 valence electrons. The third-order valence-corrected chi connectivity index (χ3v) is 4.90. The fourth-order valence-corrected chi connectivity index (χ4v) is 3.43. The number of hydrogen-bond acceptors (Lipinski definition) is 3. The van der Waals surface area contributed by atoms with E-state index in [2.05, 4.69) is 31.0 Å². The van der Waals surface area contributed by atoms with Crippen molar-refractivity contribution in [3.05, 3.63) is 40.8 Å². The summed E-state index contributed by atoms with van der Waals surface area (Å²) in [4.78, 5) is 29.6. The first-order valence-corrected chi connectivity index (χ1v) is 9.40. The number of rotatable bonds is 4. The number of hydrogen-bond donors (Lipinski definition) is 1. The quantitative estimate of drug-likeness (QED) is 0.916. The van der Waals surface area contributed by atoms with Crippen LogP contribution in [-0.4, -0.2) is 53.1 Å². The molecule has 1 aliphatic heterocycles. The zero-order chi connectivity index (χ0) is 18.7. The molecular weight excluding hydrogens is 328 g/mol. The summed E-state index contributed by atoms with van der Waals surface area (Å²) in [5.74, 6) is 0.347. The minimum absolute atomic E-state index is 0.0103. The summed E-state index contributed by atoms with van der Waals surface area (Å²) in [7, 11) is 0. The van der Waals surface area contributed by atoms with E-state index in [4.69, 9.17) is 0 Å². The second kappa shape index (κ2) is 7.91. The van der Waals surface area contributed by atoms with Crippen LogP contribution in [0.15, 0.2) is 35.3 Å². The van der Waals surface area contributed by atoms with Gasteiger partial charge in [0.1, 0.15) is 0 Å². The number of amides is 2. The molecule has 6 heteroatoms. The maximum Gasteiger partial charge on any atom is 0.321 e. The number of carbonyl (C=O) groups is 1. The van der Waals surface area contributed by atoms with Gasteiger partial charge in [-0.15, -0.1) is 0 Å². The van der Waals surface area contributed by atoms with E-state index in [0.717, 1.165) is 38.1 Å². The maximum absolute atomic E-state index is 12.7. The lowest BCUT2D eigenvalue weighted by Gasteiger charge is -2.34. The van der Waals surface area contributed by atoms with Gasteiger partial charge < -0.3 is 19.7 Å². The van der Waals surface area contributed by atoms with Crippen molar-refractivity contribution in [2.75, 3.05) is 38.0 Å². The fourth-order valence-electron chi connectivity index (χ4n) is 3.43. The standard InChI is InChI=1S/C20H28N4O2/c1-4-22-9-11-23(12-10-22)20(26)21-18-14-24(13-15(2)3)19(25)17-8-6-5-7-16(17)18/h5-8,14-15H,4,9-13H2,1-3H3,(H,21,26). The molecule has 2 aromatic rings. The Morgan fingerprint density at radius 1 is 1.12 bits per heavy atom. The highest BCUT2D eigenvalue weighted by molar-refractivity contribution is 6.01. The SMILES string of the molecule is CCN1CCN(C(=O)Nc2cn(CC(C)C)c(=O)c3ccccc23)CC1. The van der Waals surface area contributed by atoms with Gasteiger partial charge in [0.25, 0.3) is 5.56 Å². The Morgan fingerprint density at radius 2 is 1.77 bits per heavy atom. The Hall–Kier alpha value is -2.34. The van der Waals surface area contributed by atoms with Crippen LogP contribution in [0.25, 0.3) is 10.8 Å². The minimum Gasteiger partial charge on any atom is -0.322 e. The van der Waals surface area contributed by atoms with Gasteiger partial charge in [-0.05, 0) is 18.5 Å². The first-order valence-electron chi connectivity index (χ1n) is 9.40. The summed E-state index contributed by atoms with van der Waals surface area (Å²) in [6.07, 6.45) is 1.78. The highest BCUT2D eigenvalue weighted by atomic mass is 16.2. The summed E-state index contributed by atoms with van der Waals surface area (Å²) in [6, 6.07) is 7.37. The summed E-state index contributed by atoms with van der Waals surface area (Å²) in [5, 5.41) is 4.47. The van der Waals surface area contributed by atoms with Crippen LogP contribution in [0.3, 0.4) is 0 Å². The van der Waals surface area contributed by atoms with E-state index < -0.39 is 0 Å². The van der Waals surface area contributed by atoms with Crippen LogP contribution in [0.1, 0.15) is 20.8 Å². The number of nitrogens with zero attached hydrogens (tertiary/aromatic N) is 3. The lowest BCUT2D eigenvalue weighted by molar-refractivity contribution is 0.151. The van der Waals surface area contributed by atoms with Gasteiger partial charge in [-0.1, -0.05) is 39.0 Å². The molecule has 26 heavy (non-hydrogen) atoms.